The average molecular weight is 575 g/mol. The molecule has 0 spiro atoms. The molecule has 0 saturated heterocycles. The highest BCUT2D eigenvalue weighted by atomic mass is 32.2. The molecule has 2 N–H and O–H groups in total. The highest BCUT2D eigenvalue weighted by molar-refractivity contribution is 7.85. The quantitative estimate of drug-likeness (QED) is 0.215. The van der Waals surface area contributed by atoms with Crippen LogP contribution in [0.2, 0.25) is 0 Å². The van der Waals surface area contributed by atoms with E-state index in [1.807, 2.05) is 25.3 Å². The van der Waals surface area contributed by atoms with Crippen LogP contribution in [0.3, 0.4) is 0 Å². The molecule has 1 heterocycles. The van der Waals surface area contributed by atoms with Crippen molar-refractivity contribution in [2.75, 3.05) is 30.3 Å². The van der Waals surface area contributed by atoms with E-state index in [2.05, 4.69) is 92.5 Å². The van der Waals surface area contributed by atoms with Crippen LogP contribution in [0.5, 0.6) is 0 Å². The monoisotopic (exact) mass is 574 g/mol. The first kappa shape index (κ1) is 30.6. The zero-order valence-corrected chi connectivity index (χ0v) is 25.6. The molecule has 218 valence electrons. The first-order valence-corrected chi connectivity index (χ1v) is 16.0. The summed E-state index contributed by atoms with van der Waals surface area (Å²) < 4.78 is 37.8. The molecular weight excluding hydrogens is 532 g/mol. The fourth-order valence-electron chi connectivity index (χ4n) is 5.24. The largest absolute Gasteiger partial charge is 0.463 e. The van der Waals surface area contributed by atoms with Gasteiger partial charge in [0.2, 0.25) is 0 Å². The molecule has 6 nitrogen and oxygen atoms in total. The van der Waals surface area contributed by atoms with Crippen molar-refractivity contribution >= 4 is 38.2 Å². The van der Waals surface area contributed by atoms with Crippen LogP contribution < -0.4 is 20.7 Å². The SMILES string of the molecule is CCC(C)NCC=c1ccc(=C(c2ccc(N(CC)CCCS(=O)(=O)O)c(C)c2)c2occ3ccccc23)cc1C. The molecule has 0 aliphatic rings. The van der Waals surface area contributed by atoms with Gasteiger partial charge in [0.15, 0.2) is 0 Å². The topological polar surface area (TPSA) is 82.8 Å². The number of anilines is 1. The van der Waals surface area contributed by atoms with E-state index in [-0.39, 0.29) is 5.75 Å². The standard InChI is InChI=1S/C34H42N2O4S/c1-6-26(5)35-18-17-27-13-14-28(21-24(27)3)33(34-31-12-9-8-11-30(31)23-40-34)29-15-16-32(25(4)22-29)36(7-2)19-10-20-41(37,38)39/h8-9,11-17,21-23,26,35H,6-7,10,18-20H2,1-5H3,(H,37,38,39). The van der Waals surface area contributed by atoms with Gasteiger partial charge in [-0.15, -0.1) is 0 Å². The second-order valence-corrected chi connectivity index (χ2v) is 12.3. The fourth-order valence-corrected chi connectivity index (χ4v) is 5.74. The molecule has 7 heteroatoms. The summed E-state index contributed by atoms with van der Waals surface area (Å²) in [6.45, 7) is 12.8. The van der Waals surface area contributed by atoms with Gasteiger partial charge in [0.1, 0.15) is 5.76 Å². The molecule has 4 aromatic rings. The Morgan fingerprint density at radius 3 is 2.51 bits per heavy atom. The van der Waals surface area contributed by atoms with Gasteiger partial charge in [0, 0.05) is 47.7 Å². The number of hydrogen-bond donors (Lipinski definition) is 2. The van der Waals surface area contributed by atoms with Crippen LogP contribution in [-0.4, -0.2) is 44.4 Å². The molecule has 1 aromatic heterocycles. The maximum atomic E-state index is 11.2. The summed E-state index contributed by atoms with van der Waals surface area (Å²) in [5.74, 6) is 0.590. The Morgan fingerprint density at radius 2 is 1.83 bits per heavy atom. The lowest BCUT2D eigenvalue weighted by Crippen LogP contribution is -2.26. The lowest BCUT2D eigenvalue weighted by atomic mass is 9.95. The van der Waals surface area contributed by atoms with Gasteiger partial charge in [-0.3, -0.25) is 4.55 Å². The van der Waals surface area contributed by atoms with Crippen LogP contribution in [0.25, 0.3) is 22.4 Å². The molecule has 0 amide bonds. The van der Waals surface area contributed by atoms with Crippen LogP contribution >= 0.6 is 0 Å². The van der Waals surface area contributed by atoms with E-state index in [0.717, 1.165) is 63.6 Å². The van der Waals surface area contributed by atoms with Crippen LogP contribution in [0.15, 0.2) is 71.3 Å². The molecule has 0 bridgehead atoms. The second-order valence-electron chi connectivity index (χ2n) is 10.7. The molecule has 0 aliphatic carbocycles. The van der Waals surface area contributed by atoms with Crippen LogP contribution in [0, 0.1) is 13.8 Å². The van der Waals surface area contributed by atoms with Crippen molar-refractivity contribution < 1.29 is 17.4 Å². The van der Waals surface area contributed by atoms with Gasteiger partial charge in [-0.2, -0.15) is 8.42 Å². The van der Waals surface area contributed by atoms with Gasteiger partial charge < -0.3 is 14.6 Å². The molecule has 41 heavy (non-hydrogen) atoms. The molecule has 1 unspecified atom stereocenters. The van der Waals surface area contributed by atoms with Crippen LogP contribution in [0.1, 0.15) is 56.1 Å². The Morgan fingerprint density at radius 1 is 1.05 bits per heavy atom. The Balaban J connectivity index is 1.80. The zero-order chi connectivity index (χ0) is 29.6. The van der Waals surface area contributed by atoms with Crippen molar-refractivity contribution in [3.8, 4) is 0 Å². The van der Waals surface area contributed by atoms with Crippen LogP contribution in [0.4, 0.5) is 5.69 Å². The summed E-state index contributed by atoms with van der Waals surface area (Å²) in [5.41, 5.74) is 5.41. The first-order valence-electron chi connectivity index (χ1n) is 14.4. The fraction of sp³-hybridized carbons (Fsp3) is 0.353. The van der Waals surface area contributed by atoms with E-state index < -0.39 is 10.1 Å². The van der Waals surface area contributed by atoms with E-state index in [4.69, 9.17) is 8.97 Å². The van der Waals surface area contributed by atoms with E-state index in [1.165, 1.54) is 10.8 Å². The number of fused-ring (bicyclic) bond motifs is 1. The first-order chi connectivity index (χ1) is 19.6. The number of nitrogens with one attached hydrogen (secondary N) is 1. The molecule has 4 rings (SSSR count). The zero-order valence-electron chi connectivity index (χ0n) is 24.8. The number of rotatable bonds is 12. The van der Waals surface area contributed by atoms with Gasteiger partial charge in [-0.25, -0.2) is 0 Å². The summed E-state index contributed by atoms with van der Waals surface area (Å²) in [6, 6.07) is 21.7. The van der Waals surface area contributed by atoms with E-state index >= 15 is 0 Å². The van der Waals surface area contributed by atoms with Crippen LogP contribution in [-0.2, 0) is 10.1 Å². The van der Waals surface area contributed by atoms with Crippen molar-refractivity contribution in [3.05, 3.63) is 99.8 Å². The van der Waals surface area contributed by atoms with E-state index in [0.29, 0.717) is 19.0 Å². The summed E-state index contributed by atoms with van der Waals surface area (Å²) in [5, 5.41) is 7.96. The number of hydrogen-bond acceptors (Lipinski definition) is 5. The van der Waals surface area contributed by atoms with Crippen molar-refractivity contribution in [1.82, 2.24) is 5.32 Å². The third-order valence-corrected chi connectivity index (χ3v) is 8.54. The third kappa shape index (κ3) is 7.67. The van der Waals surface area contributed by atoms with Crippen molar-refractivity contribution in [3.63, 3.8) is 0 Å². The Kier molecular flexibility index (Phi) is 10.1. The number of aryl methyl sites for hydroxylation is 2. The Labute approximate surface area is 244 Å². The van der Waals surface area contributed by atoms with Gasteiger partial charge in [-0.1, -0.05) is 61.5 Å². The van der Waals surface area contributed by atoms with Crippen molar-refractivity contribution in [2.45, 2.75) is 53.5 Å². The summed E-state index contributed by atoms with van der Waals surface area (Å²) >= 11 is 0. The lowest BCUT2D eigenvalue weighted by Gasteiger charge is -2.25. The summed E-state index contributed by atoms with van der Waals surface area (Å²) in [6.07, 6.45) is 5.52. The number of furan rings is 1. The van der Waals surface area contributed by atoms with Gasteiger partial charge in [0.05, 0.1) is 12.0 Å². The predicted molar refractivity (Wildman–Crippen MR) is 171 cm³/mol. The summed E-state index contributed by atoms with van der Waals surface area (Å²) in [4.78, 5) is 2.15. The maximum absolute atomic E-state index is 11.2. The molecule has 1 atom stereocenters. The summed E-state index contributed by atoms with van der Waals surface area (Å²) in [7, 11) is -3.98. The van der Waals surface area contributed by atoms with Crippen molar-refractivity contribution in [2.24, 2.45) is 0 Å². The van der Waals surface area contributed by atoms with Gasteiger partial charge >= 0.3 is 0 Å². The third-order valence-electron chi connectivity index (χ3n) is 7.73. The minimum absolute atomic E-state index is 0.245. The Bertz CT molecular complexity index is 1720. The highest BCUT2D eigenvalue weighted by Gasteiger charge is 2.17. The molecule has 0 aliphatic heterocycles. The average Bonchev–Trinajstić information content (AvgIpc) is 3.36. The molecule has 3 aromatic carbocycles. The minimum atomic E-state index is -3.98. The normalized spacial score (nSPS) is 14.0. The molecule has 0 radical (unpaired) electrons. The lowest BCUT2D eigenvalue weighted by molar-refractivity contribution is 0.481. The molecule has 0 fully saturated rings. The smallest absolute Gasteiger partial charge is 0.264 e. The van der Waals surface area contributed by atoms with E-state index in [1.54, 1.807) is 0 Å². The highest BCUT2D eigenvalue weighted by Crippen LogP contribution is 2.32. The molecule has 0 saturated carbocycles. The maximum Gasteiger partial charge on any atom is 0.264 e. The van der Waals surface area contributed by atoms with Gasteiger partial charge in [0.25, 0.3) is 10.1 Å². The molecular formula is C34H42N2O4S. The van der Waals surface area contributed by atoms with Crippen molar-refractivity contribution in [1.29, 1.82) is 0 Å². The Hall–Kier alpha value is -3.39. The second kappa shape index (κ2) is 13.5. The predicted octanol–water partition coefficient (Wildman–Crippen LogP) is 5.57. The number of nitrogens with zero attached hydrogens (tertiary/aromatic N) is 1. The van der Waals surface area contributed by atoms with Gasteiger partial charge in [-0.05, 0) is 79.8 Å². The minimum Gasteiger partial charge on any atom is -0.463 e. The number of benzene rings is 3. The van der Waals surface area contributed by atoms with E-state index in [9.17, 15) is 8.42 Å².